The van der Waals surface area contributed by atoms with E-state index in [9.17, 15) is 32.8 Å². The Morgan fingerprint density at radius 3 is 1.93 bits per heavy atom. The molecule has 85 heavy (non-hydrogen) atoms. The van der Waals surface area contributed by atoms with Crippen LogP contribution in [0, 0.1) is 46.5 Å². The molecule has 0 spiro atoms. The van der Waals surface area contributed by atoms with Gasteiger partial charge in [-0.15, -0.1) is 34.9 Å². The molecule has 2 aromatic carbocycles. The first-order valence-corrected chi connectivity index (χ1v) is 32.8. The minimum atomic E-state index is -2.57. The summed E-state index contributed by atoms with van der Waals surface area (Å²) in [6, 6.07) is 18.0. The number of hydrogen-bond acceptors (Lipinski definition) is 11. The van der Waals surface area contributed by atoms with E-state index in [0.29, 0.717) is 54.0 Å². The van der Waals surface area contributed by atoms with Crippen LogP contribution < -0.4 is 27.1 Å². The standard InChI is InChI=1S/C64H75F2N11O5S3/c1-35-25-55(83-7)49(59(78)70-35)31-67-61(80)57-38(4)76(37(3)41-13-16-45(17-14-41)73-46-28-64(65,66)29-46)54-27-43(15-18-48(54)57)44-30-69-75(33-44)24-21-52(42-19-22-74(23-20-42)63(82)51-34-85-40(6)72-51)77-39(5)58(47-11-9-10-12-53(47)77)62(81)68-32-50-56(84-8)26-36(2)71-60(50)79/h9-12,15,18,25-27,30,33-34,37,41-42,45-46,52,73H,13-14,16-17,19-24,28-29,31-32H2,1-8H3,(H,67,80)(H,68,81)(H,70,78)(H,71,79)/t37-,41?,45?,52-/m1/s1. The van der Waals surface area contributed by atoms with Gasteiger partial charge in [0.25, 0.3) is 34.8 Å². The van der Waals surface area contributed by atoms with Crippen LogP contribution in [0.2, 0.25) is 0 Å². The molecule has 3 aliphatic rings. The van der Waals surface area contributed by atoms with Crippen LogP contribution in [-0.2, 0) is 19.6 Å². The molecule has 448 valence electrons. The Kier molecular flexibility index (Phi) is 17.5. The SMILES string of the molecule is CSc1cc(C)[nH]c(=O)c1CNC(=O)c1c(C)n([C@H](C)C2CCC(NC3CC(F)(F)C3)CC2)c2cc(-c3cnn(CC[C@H](C4CCN(C(=O)c5csc(C)n5)CC4)n4c(C)c(C(=O)NCc5c(SC)cc(C)[nH]c5=O)c5ccccc54)c3)ccc12. The Labute approximate surface area is 505 Å². The maximum Gasteiger partial charge on any atom is 0.273 e. The number of amides is 3. The van der Waals surface area contributed by atoms with Crippen molar-refractivity contribution in [1.82, 2.24) is 54.7 Å². The highest BCUT2D eigenvalue weighted by Crippen LogP contribution is 2.43. The topological polar surface area (TPSA) is 197 Å². The van der Waals surface area contributed by atoms with Gasteiger partial charge >= 0.3 is 0 Å². The number of rotatable bonds is 19. The van der Waals surface area contributed by atoms with Crippen LogP contribution in [0.4, 0.5) is 8.78 Å². The Bertz CT molecular complexity index is 3950. The minimum absolute atomic E-state index is 0.00263. The van der Waals surface area contributed by atoms with E-state index in [1.165, 1.54) is 34.9 Å². The van der Waals surface area contributed by atoms with Crippen molar-refractivity contribution in [3.63, 3.8) is 0 Å². The number of aromatic amines is 2. The number of hydrogen-bond donors (Lipinski definition) is 5. The van der Waals surface area contributed by atoms with Crippen molar-refractivity contribution < 1.29 is 23.2 Å². The van der Waals surface area contributed by atoms with E-state index < -0.39 is 5.92 Å². The number of benzene rings is 2. The maximum atomic E-state index is 14.6. The van der Waals surface area contributed by atoms with Crippen LogP contribution >= 0.6 is 34.9 Å². The van der Waals surface area contributed by atoms with Crippen LogP contribution in [0.25, 0.3) is 32.9 Å². The fraction of sp³-hybridized carbons (Fsp3) is 0.453. The lowest BCUT2D eigenvalue weighted by molar-refractivity contribution is -0.0957. The second kappa shape index (κ2) is 24.9. The number of nitrogens with one attached hydrogen (secondary N) is 5. The Hall–Kier alpha value is -6.81. The van der Waals surface area contributed by atoms with E-state index in [-0.39, 0.29) is 90.8 Å². The lowest BCUT2D eigenvalue weighted by Crippen LogP contribution is -2.52. The number of thiazole rings is 1. The normalized spacial score (nSPS) is 18.2. The van der Waals surface area contributed by atoms with Crippen LogP contribution in [0.15, 0.2) is 91.8 Å². The zero-order chi connectivity index (χ0) is 60.0. The molecule has 8 aromatic rings. The number of likely N-dealkylation sites (tertiary alicyclic amines) is 1. The Morgan fingerprint density at radius 2 is 1.34 bits per heavy atom. The van der Waals surface area contributed by atoms with Crippen LogP contribution in [-0.4, -0.2) is 100 Å². The van der Waals surface area contributed by atoms with E-state index in [2.05, 4.69) is 65.3 Å². The van der Waals surface area contributed by atoms with Gasteiger partial charge in [0.15, 0.2) is 0 Å². The summed E-state index contributed by atoms with van der Waals surface area (Å²) in [5.74, 6) is -2.75. The smallest absolute Gasteiger partial charge is 0.273 e. The average molecular weight is 1210 g/mol. The highest BCUT2D eigenvalue weighted by atomic mass is 32.2. The van der Waals surface area contributed by atoms with Crippen LogP contribution in [0.3, 0.4) is 0 Å². The first-order chi connectivity index (χ1) is 40.8. The van der Waals surface area contributed by atoms with Crippen molar-refractivity contribution in [2.45, 2.75) is 159 Å². The first-order valence-electron chi connectivity index (χ1n) is 29.5. The first kappa shape index (κ1) is 59.9. The molecule has 1 saturated heterocycles. The fourth-order valence-electron chi connectivity index (χ4n) is 13.8. The van der Waals surface area contributed by atoms with Crippen molar-refractivity contribution >= 4 is 74.4 Å². The second-order valence-electron chi connectivity index (χ2n) is 23.6. The zero-order valence-electron chi connectivity index (χ0n) is 49.5. The van der Waals surface area contributed by atoms with Gasteiger partial charge in [-0.3, -0.25) is 28.7 Å². The molecule has 2 saturated carbocycles. The van der Waals surface area contributed by atoms with Gasteiger partial charge in [-0.1, -0.05) is 30.3 Å². The number of thioether (sulfide) groups is 2. The highest BCUT2D eigenvalue weighted by molar-refractivity contribution is 7.98. The summed E-state index contributed by atoms with van der Waals surface area (Å²) in [5, 5.41) is 19.0. The number of aromatic nitrogens is 7. The fourth-order valence-corrected chi connectivity index (χ4v) is 15.8. The number of halogens is 2. The van der Waals surface area contributed by atoms with Gasteiger partial charge < -0.3 is 40.0 Å². The molecule has 0 radical (unpaired) electrons. The average Bonchev–Trinajstić information content (AvgIpc) is 2.39. The minimum Gasteiger partial charge on any atom is -0.348 e. The molecule has 5 N–H and O–H groups in total. The van der Waals surface area contributed by atoms with Crippen molar-refractivity contribution in [2.75, 3.05) is 25.6 Å². The molecule has 0 unspecified atom stereocenters. The number of H-pyrrole nitrogens is 2. The van der Waals surface area contributed by atoms with Gasteiger partial charge in [-0.05, 0) is 141 Å². The summed E-state index contributed by atoms with van der Waals surface area (Å²) in [4.78, 5) is 82.9. The van der Waals surface area contributed by atoms with E-state index in [1.807, 2.05) is 111 Å². The monoisotopic (exact) mass is 1210 g/mol. The number of aryl methyl sites for hydroxylation is 4. The van der Waals surface area contributed by atoms with Crippen molar-refractivity contribution in [3.05, 3.63) is 149 Å². The molecule has 2 aliphatic carbocycles. The Balaban J connectivity index is 0.887. The molecule has 3 fully saturated rings. The summed E-state index contributed by atoms with van der Waals surface area (Å²) in [7, 11) is 0. The van der Waals surface area contributed by atoms with Gasteiger partial charge in [0.2, 0.25) is 0 Å². The van der Waals surface area contributed by atoms with Crippen LogP contribution in [0.5, 0.6) is 0 Å². The number of nitrogens with zero attached hydrogens (tertiary/aromatic N) is 6. The van der Waals surface area contributed by atoms with Gasteiger partial charge in [-0.2, -0.15) is 5.10 Å². The number of carbonyl (C=O) groups excluding carboxylic acids is 3. The van der Waals surface area contributed by atoms with E-state index >= 15 is 0 Å². The molecule has 7 heterocycles. The Morgan fingerprint density at radius 1 is 0.741 bits per heavy atom. The third kappa shape index (κ3) is 12.3. The third-order valence-corrected chi connectivity index (χ3v) is 20.6. The highest BCUT2D eigenvalue weighted by Gasteiger charge is 2.46. The predicted molar refractivity (Wildman–Crippen MR) is 335 cm³/mol. The summed E-state index contributed by atoms with van der Waals surface area (Å²) in [5.41, 5.74) is 8.97. The number of pyridine rings is 2. The largest absolute Gasteiger partial charge is 0.348 e. The van der Waals surface area contributed by atoms with Crippen molar-refractivity contribution in [2.24, 2.45) is 11.8 Å². The number of piperidine rings is 1. The molecular weight excluding hydrogens is 1140 g/mol. The summed E-state index contributed by atoms with van der Waals surface area (Å²) in [6.07, 6.45) is 13.3. The summed E-state index contributed by atoms with van der Waals surface area (Å²) >= 11 is 4.41. The quantitative estimate of drug-likeness (QED) is 0.0486. The molecule has 1 aliphatic heterocycles. The lowest BCUT2D eigenvalue weighted by Gasteiger charge is -2.41. The maximum absolute atomic E-state index is 14.6. The number of fused-ring (bicyclic) bond motifs is 2. The summed E-state index contributed by atoms with van der Waals surface area (Å²) < 4.78 is 34.1. The second-order valence-corrected chi connectivity index (χ2v) is 26.4. The molecule has 21 heteroatoms. The molecule has 16 nitrogen and oxygen atoms in total. The van der Waals surface area contributed by atoms with Gasteiger partial charge in [0, 0.05) is 152 Å². The lowest BCUT2D eigenvalue weighted by atomic mass is 9.80. The van der Waals surface area contributed by atoms with E-state index in [4.69, 9.17) is 5.10 Å². The molecule has 6 aromatic heterocycles. The summed E-state index contributed by atoms with van der Waals surface area (Å²) in [6.45, 7) is 13.6. The van der Waals surface area contributed by atoms with E-state index in [0.717, 1.165) is 109 Å². The molecule has 3 amide bonds. The molecule has 0 bridgehead atoms. The number of alkyl halides is 2. The number of carbonyl (C=O) groups is 3. The van der Waals surface area contributed by atoms with Gasteiger partial charge in [0.05, 0.1) is 22.3 Å². The van der Waals surface area contributed by atoms with Gasteiger partial charge in [-0.25, -0.2) is 13.8 Å². The molecular formula is C64H75F2N11O5S3. The van der Waals surface area contributed by atoms with Crippen molar-refractivity contribution in [1.29, 1.82) is 0 Å². The zero-order valence-corrected chi connectivity index (χ0v) is 51.9. The third-order valence-electron chi connectivity index (χ3n) is 18.2. The van der Waals surface area contributed by atoms with Crippen LogP contribution in [0.1, 0.15) is 147 Å². The van der Waals surface area contributed by atoms with Gasteiger partial charge in [0.1, 0.15) is 5.69 Å². The number of para-hydroxylation sites is 1. The molecule has 11 rings (SSSR count). The predicted octanol–water partition coefficient (Wildman–Crippen LogP) is 11.8. The van der Waals surface area contributed by atoms with E-state index in [1.54, 1.807) is 0 Å². The van der Waals surface area contributed by atoms with Crippen molar-refractivity contribution in [3.8, 4) is 11.1 Å². The molecule has 2 atom stereocenters.